The summed E-state index contributed by atoms with van der Waals surface area (Å²) in [5.41, 5.74) is 1.08. The Balaban J connectivity index is 0.00000261. The second-order valence-corrected chi connectivity index (χ2v) is 7.55. The lowest BCUT2D eigenvalue weighted by molar-refractivity contribution is 0.0384. The molecule has 1 aliphatic heterocycles. The third kappa shape index (κ3) is 6.82. The third-order valence-corrected chi connectivity index (χ3v) is 5.40. The van der Waals surface area contributed by atoms with Gasteiger partial charge in [0.25, 0.3) is 0 Å². The van der Waals surface area contributed by atoms with Gasteiger partial charge in [-0.05, 0) is 29.1 Å². The molecule has 8 heteroatoms. The number of ether oxygens (including phenoxy) is 3. The molecule has 1 aliphatic rings. The summed E-state index contributed by atoms with van der Waals surface area (Å²) in [6, 6.07) is 7.97. The summed E-state index contributed by atoms with van der Waals surface area (Å²) in [5, 5.41) is 6.07. The number of morpholine rings is 1. The molecule has 0 atom stereocenters. The van der Waals surface area contributed by atoms with E-state index in [9.17, 15) is 0 Å². The van der Waals surface area contributed by atoms with Crippen molar-refractivity contribution < 1.29 is 14.2 Å². The van der Waals surface area contributed by atoms with Crippen LogP contribution in [-0.4, -0.2) is 51.4 Å². The molecule has 2 aromatic rings. The highest BCUT2D eigenvalue weighted by Crippen LogP contribution is 2.37. The van der Waals surface area contributed by atoms with Crippen molar-refractivity contribution in [1.29, 1.82) is 0 Å². The summed E-state index contributed by atoms with van der Waals surface area (Å²) in [6.07, 6.45) is 0. The van der Waals surface area contributed by atoms with Crippen LogP contribution in [0, 0.1) is 0 Å². The molecule has 1 N–H and O–H groups in total. The SMILES string of the molecule is COc1cc(CNCCN2CCOCC2)cc(Cl)c1OCc1cccs1.Cl. The number of benzene rings is 1. The predicted molar refractivity (Wildman–Crippen MR) is 113 cm³/mol. The number of nitrogens with zero attached hydrogens (tertiary/aromatic N) is 1. The van der Waals surface area contributed by atoms with Crippen molar-refractivity contribution in [1.82, 2.24) is 10.2 Å². The molecule has 3 rings (SSSR count). The summed E-state index contributed by atoms with van der Waals surface area (Å²) >= 11 is 8.10. The molecule has 1 aromatic heterocycles. The Bertz CT molecular complexity index is 680. The number of thiophene rings is 1. The molecule has 1 saturated heterocycles. The van der Waals surface area contributed by atoms with Crippen molar-refractivity contribution in [2.45, 2.75) is 13.2 Å². The van der Waals surface area contributed by atoms with Crippen molar-refractivity contribution in [3.05, 3.63) is 45.1 Å². The number of hydrogen-bond donors (Lipinski definition) is 1. The smallest absolute Gasteiger partial charge is 0.180 e. The topological polar surface area (TPSA) is 43.0 Å². The van der Waals surface area contributed by atoms with Gasteiger partial charge >= 0.3 is 0 Å². The van der Waals surface area contributed by atoms with Crippen molar-refractivity contribution in [2.24, 2.45) is 0 Å². The first kappa shape index (κ1) is 22.3. The van der Waals surface area contributed by atoms with Crippen molar-refractivity contribution >= 4 is 35.3 Å². The number of nitrogens with one attached hydrogen (secondary N) is 1. The van der Waals surface area contributed by atoms with Crippen LogP contribution in [0.4, 0.5) is 0 Å². The average molecular weight is 433 g/mol. The van der Waals surface area contributed by atoms with Crippen LogP contribution < -0.4 is 14.8 Å². The zero-order valence-electron chi connectivity index (χ0n) is 15.4. The molecule has 0 spiro atoms. The molecule has 0 unspecified atom stereocenters. The van der Waals surface area contributed by atoms with Gasteiger partial charge in [-0.3, -0.25) is 4.90 Å². The molecule has 27 heavy (non-hydrogen) atoms. The van der Waals surface area contributed by atoms with Gasteiger partial charge in [-0.1, -0.05) is 17.7 Å². The fraction of sp³-hybridized carbons (Fsp3) is 0.474. The Morgan fingerprint density at radius 2 is 2.11 bits per heavy atom. The van der Waals surface area contributed by atoms with Crippen LogP contribution >= 0.6 is 35.3 Å². The highest BCUT2D eigenvalue weighted by atomic mass is 35.5. The van der Waals surface area contributed by atoms with Gasteiger partial charge in [-0.2, -0.15) is 0 Å². The highest BCUT2D eigenvalue weighted by Gasteiger charge is 2.13. The first-order chi connectivity index (χ1) is 12.8. The second kappa shape index (κ2) is 11.7. The molecule has 0 radical (unpaired) electrons. The van der Waals surface area contributed by atoms with Gasteiger partial charge in [0.2, 0.25) is 0 Å². The Kier molecular flexibility index (Phi) is 9.68. The molecular weight excluding hydrogens is 407 g/mol. The lowest BCUT2D eigenvalue weighted by Gasteiger charge is -2.26. The van der Waals surface area contributed by atoms with E-state index in [-0.39, 0.29) is 12.4 Å². The molecule has 0 aliphatic carbocycles. The van der Waals surface area contributed by atoms with E-state index in [1.54, 1.807) is 18.4 Å². The van der Waals surface area contributed by atoms with Crippen LogP contribution in [0.15, 0.2) is 29.6 Å². The molecule has 0 saturated carbocycles. The number of rotatable bonds is 9. The van der Waals surface area contributed by atoms with E-state index in [2.05, 4.69) is 10.2 Å². The molecule has 1 fully saturated rings. The zero-order chi connectivity index (χ0) is 18.2. The maximum Gasteiger partial charge on any atom is 0.180 e. The van der Waals surface area contributed by atoms with Crippen LogP contribution in [0.5, 0.6) is 11.5 Å². The van der Waals surface area contributed by atoms with E-state index in [0.29, 0.717) is 23.1 Å². The van der Waals surface area contributed by atoms with Gasteiger partial charge in [-0.25, -0.2) is 0 Å². The summed E-state index contributed by atoms with van der Waals surface area (Å²) in [4.78, 5) is 3.56. The number of hydrogen-bond acceptors (Lipinski definition) is 6. The fourth-order valence-electron chi connectivity index (χ4n) is 2.85. The third-order valence-electron chi connectivity index (χ3n) is 4.27. The molecule has 0 bridgehead atoms. The van der Waals surface area contributed by atoms with E-state index in [1.165, 1.54) is 0 Å². The Labute approximate surface area is 176 Å². The van der Waals surface area contributed by atoms with Crippen molar-refractivity contribution in [3.8, 4) is 11.5 Å². The van der Waals surface area contributed by atoms with Crippen LogP contribution in [-0.2, 0) is 17.9 Å². The molecule has 2 heterocycles. The highest BCUT2D eigenvalue weighted by molar-refractivity contribution is 7.09. The van der Waals surface area contributed by atoms with E-state index in [1.807, 2.05) is 29.6 Å². The summed E-state index contributed by atoms with van der Waals surface area (Å²) in [6.45, 7) is 6.87. The Hall–Kier alpha value is -1.02. The minimum absolute atomic E-state index is 0. The molecular formula is C19H26Cl2N2O3S. The maximum atomic E-state index is 6.44. The van der Waals surface area contributed by atoms with E-state index >= 15 is 0 Å². The van der Waals surface area contributed by atoms with Gasteiger partial charge < -0.3 is 19.5 Å². The summed E-state index contributed by atoms with van der Waals surface area (Å²) in [7, 11) is 1.64. The molecule has 5 nitrogen and oxygen atoms in total. The van der Waals surface area contributed by atoms with Gasteiger partial charge in [0, 0.05) is 37.6 Å². The van der Waals surface area contributed by atoms with Gasteiger partial charge in [-0.15, -0.1) is 23.7 Å². The van der Waals surface area contributed by atoms with Crippen LogP contribution in [0.2, 0.25) is 5.02 Å². The normalized spacial score (nSPS) is 14.6. The van der Waals surface area contributed by atoms with E-state index in [4.69, 9.17) is 25.8 Å². The largest absolute Gasteiger partial charge is 0.493 e. The van der Waals surface area contributed by atoms with Gasteiger partial charge in [0.1, 0.15) is 6.61 Å². The first-order valence-corrected chi connectivity index (χ1v) is 10.0. The molecule has 1 aromatic carbocycles. The maximum absolute atomic E-state index is 6.44. The summed E-state index contributed by atoms with van der Waals surface area (Å²) in [5.74, 6) is 1.26. The molecule has 0 amide bonds. The second-order valence-electron chi connectivity index (χ2n) is 6.11. The predicted octanol–water partition coefficient (Wildman–Crippen LogP) is 3.83. The van der Waals surface area contributed by atoms with Gasteiger partial charge in [0.05, 0.1) is 25.3 Å². The lowest BCUT2D eigenvalue weighted by Crippen LogP contribution is -2.40. The number of methoxy groups -OCH3 is 1. The zero-order valence-corrected chi connectivity index (χ0v) is 17.8. The monoisotopic (exact) mass is 432 g/mol. The Morgan fingerprint density at radius 1 is 1.30 bits per heavy atom. The minimum atomic E-state index is 0. The van der Waals surface area contributed by atoms with Crippen molar-refractivity contribution in [3.63, 3.8) is 0 Å². The van der Waals surface area contributed by atoms with Crippen LogP contribution in [0.1, 0.15) is 10.4 Å². The standard InChI is InChI=1S/C19H25ClN2O3S.ClH/c1-23-18-12-15(13-21-4-5-22-6-8-24-9-7-22)11-17(20)19(18)25-14-16-3-2-10-26-16;/h2-3,10-12,21H,4-9,13-14H2,1H3;1H. The quantitative estimate of drug-likeness (QED) is 0.609. The first-order valence-electron chi connectivity index (χ1n) is 8.78. The number of halogens is 2. The molecule has 150 valence electrons. The van der Waals surface area contributed by atoms with Crippen LogP contribution in [0.25, 0.3) is 0 Å². The van der Waals surface area contributed by atoms with Crippen LogP contribution in [0.3, 0.4) is 0 Å². The lowest BCUT2D eigenvalue weighted by atomic mass is 10.2. The minimum Gasteiger partial charge on any atom is -0.493 e. The Morgan fingerprint density at radius 3 is 2.81 bits per heavy atom. The van der Waals surface area contributed by atoms with Gasteiger partial charge in [0.15, 0.2) is 11.5 Å². The van der Waals surface area contributed by atoms with E-state index < -0.39 is 0 Å². The van der Waals surface area contributed by atoms with E-state index in [0.717, 1.165) is 56.4 Å². The summed E-state index contributed by atoms with van der Waals surface area (Å²) < 4.78 is 16.7. The fourth-order valence-corrected chi connectivity index (χ4v) is 3.75. The average Bonchev–Trinajstić information content (AvgIpc) is 3.18. The van der Waals surface area contributed by atoms with Crippen molar-refractivity contribution in [2.75, 3.05) is 46.5 Å².